The lowest BCUT2D eigenvalue weighted by Crippen LogP contribution is -2.28. The van der Waals surface area contributed by atoms with Crippen LogP contribution in [0.2, 0.25) is 0 Å². The molecule has 2 nitrogen and oxygen atoms in total. The molecule has 17 heavy (non-hydrogen) atoms. The van der Waals surface area contributed by atoms with Gasteiger partial charge in [-0.15, -0.1) is 0 Å². The third kappa shape index (κ3) is 4.79. The molecule has 0 saturated carbocycles. The summed E-state index contributed by atoms with van der Waals surface area (Å²) in [7, 11) is 0. The highest BCUT2D eigenvalue weighted by atomic mass is 79.9. The first kappa shape index (κ1) is 14.1. The first-order valence-electron chi connectivity index (χ1n) is 5.94. The number of rotatable bonds is 6. The molecule has 0 fully saturated rings. The van der Waals surface area contributed by atoms with E-state index in [0.717, 1.165) is 18.4 Å². The Labute approximate surface area is 112 Å². The van der Waals surface area contributed by atoms with Gasteiger partial charge >= 0.3 is 0 Å². The Morgan fingerprint density at radius 1 is 1.29 bits per heavy atom. The van der Waals surface area contributed by atoms with Crippen LogP contribution in [0.4, 0.5) is 5.69 Å². The number of hydrogen-bond donors (Lipinski definition) is 0. The number of anilines is 1. The Bertz CT molecular complexity index is 365. The topological polar surface area (TPSA) is 27.0 Å². The van der Waals surface area contributed by atoms with Crippen LogP contribution in [0.1, 0.15) is 25.8 Å². The quantitative estimate of drug-likeness (QED) is 0.743. The average Bonchev–Trinajstić information content (AvgIpc) is 2.34. The van der Waals surface area contributed by atoms with Crippen molar-refractivity contribution in [2.24, 2.45) is 5.92 Å². The molecular weight excluding hydrogens is 276 g/mol. The van der Waals surface area contributed by atoms with Gasteiger partial charge in [-0.05, 0) is 23.6 Å². The first-order chi connectivity index (χ1) is 8.17. The zero-order valence-corrected chi connectivity index (χ0v) is 12.1. The lowest BCUT2D eigenvalue weighted by Gasteiger charge is -2.26. The number of benzene rings is 1. The van der Waals surface area contributed by atoms with Gasteiger partial charge in [0.05, 0.1) is 12.5 Å². The molecule has 0 N–H and O–H groups in total. The molecule has 0 spiro atoms. The summed E-state index contributed by atoms with van der Waals surface area (Å²) in [5, 5.41) is 9.58. The van der Waals surface area contributed by atoms with E-state index in [1.165, 1.54) is 11.3 Å². The molecule has 1 aromatic rings. The minimum absolute atomic E-state index is 0.576. The van der Waals surface area contributed by atoms with Crippen molar-refractivity contribution in [3.63, 3.8) is 0 Å². The summed E-state index contributed by atoms with van der Waals surface area (Å²) in [6.45, 7) is 6.20. The fourth-order valence-electron chi connectivity index (χ4n) is 1.75. The maximum Gasteiger partial charge on any atom is 0.0640 e. The molecule has 0 unspecified atom stereocenters. The van der Waals surface area contributed by atoms with E-state index in [0.29, 0.717) is 12.3 Å². The summed E-state index contributed by atoms with van der Waals surface area (Å²) in [5.41, 5.74) is 2.48. The van der Waals surface area contributed by atoms with Crippen molar-refractivity contribution < 1.29 is 0 Å². The smallest absolute Gasteiger partial charge is 0.0640 e. The van der Waals surface area contributed by atoms with Crippen LogP contribution >= 0.6 is 15.9 Å². The van der Waals surface area contributed by atoms with Crippen molar-refractivity contribution in [3.05, 3.63) is 29.8 Å². The second-order valence-electron chi connectivity index (χ2n) is 4.55. The fourth-order valence-corrected chi connectivity index (χ4v) is 2.12. The first-order valence-corrected chi connectivity index (χ1v) is 7.06. The van der Waals surface area contributed by atoms with Crippen LogP contribution in [0.15, 0.2) is 24.3 Å². The molecule has 0 aliphatic heterocycles. The Hall–Kier alpha value is -1.01. The van der Waals surface area contributed by atoms with Gasteiger partial charge in [0, 0.05) is 24.1 Å². The van der Waals surface area contributed by atoms with E-state index in [-0.39, 0.29) is 0 Å². The molecule has 1 rings (SSSR count). The maximum absolute atomic E-state index is 8.70. The molecular formula is C14H19BrN2. The molecule has 0 atom stereocenters. The van der Waals surface area contributed by atoms with E-state index < -0.39 is 0 Å². The summed E-state index contributed by atoms with van der Waals surface area (Å²) < 4.78 is 0. The third-order valence-electron chi connectivity index (χ3n) is 2.53. The summed E-state index contributed by atoms with van der Waals surface area (Å²) in [5.74, 6) is 0.601. The van der Waals surface area contributed by atoms with Gasteiger partial charge in [0.25, 0.3) is 0 Å². The average molecular weight is 295 g/mol. The van der Waals surface area contributed by atoms with Crippen molar-refractivity contribution in [1.29, 1.82) is 5.26 Å². The van der Waals surface area contributed by atoms with Crippen LogP contribution in [0.3, 0.4) is 0 Å². The van der Waals surface area contributed by atoms with E-state index in [1.807, 2.05) is 0 Å². The van der Waals surface area contributed by atoms with E-state index in [1.54, 1.807) is 0 Å². The Kier molecular flexibility index (Phi) is 6.07. The Balaban J connectivity index is 2.76. The van der Waals surface area contributed by atoms with Gasteiger partial charge in [0.1, 0.15) is 0 Å². The summed E-state index contributed by atoms with van der Waals surface area (Å²) >= 11 is 3.44. The Morgan fingerprint density at radius 3 is 2.41 bits per heavy atom. The van der Waals surface area contributed by atoms with Gasteiger partial charge in [0.2, 0.25) is 0 Å². The molecule has 0 heterocycles. The highest BCUT2D eigenvalue weighted by Crippen LogP contribution is 2.18. The van der Waals surface area contributed by atoms with Crippen molar-refractivity contribution in [3.8, 4) is 6.07 Å². The minimum atomic E-state index is 0.576. The largest absolute Gasteiger partial charge is 0.370 e. The lowest BCUT2D eigenvalue weighted by atomic mass is 10.1. The molecule has 0 aliphatic carbocycles. The molecule has 3 heteroatoms. The van der Waals surface area contributed by atoms with Crippen molar-refractivity contribution in [1.82, 2.24) is 0 Å². The molecule has 0 saturated heterocycles. The molecule has 0 aliphatic rings. The summed E-state index contributed by atoms with van der Waals surface area (Å²) in [6.07, 6.45) is 0.576. The predicted molar refractivity (Wildman–Crippen MR) is 76.4 cm³/mol. The monoisotopic (exact) mass is 294 g/mol. The normalized spacial score (nSPS) is 10.3. The van der Waals surface area contributed by atoms with Crippen LogP contribution in [0.25, 0.3) is 0 Å². The molecule has 0 aromatic heterocycles. The van der Waals surface area contributed by atoms with E-state index in [2.05, 4.69) is 65.0 Å². The predicted octanol–water partition coefficient (Wildman–Crippen LogP) is 3.96. The number of nitriles is 1. The van der Waals surface area contributed by atoms with Crippen LogP contribution in [-0.4, -0.2) is 13.1 Å². The molecule has 92 valence electrons. The number of alkyl halides is 1. The number of nitrogens with zero attached hydrogens (tertiary/aromatic N) is 2. The van der Waals surface area contributed by atoms with Crippen LogP contribution < -0.4 is 4.90 Å². The molecule has 0 amide bonds. The van der Waals surface area contributed by atoms with Gasteiger partial charge in [-0.2, -0.15) is 5.26 Å². The van der Waals surface area contributed by atoms with Crippen LogP contribution in [-0.2, 0) is 5.33 Å². The molecule has 0 bridgehead atoms. The molecule has 0 radical (unpaired) electrons. The number of halogens is 1. The second-order valence-corrected chi connectivity index (χ2v) is 5.11. The van der Waals surface area contributed by atoms with Crippen molar-refractivity contribution in [2.75, 3.05) is 18.0 Å². The fraction of sp³-hybridized carbons (Fsp3) is 0.500. The highest BCUT2D eigenvalue weighted by molar-refractivity contribution is 9.08. The van der Waals surface area contributed by atoms with Crippen LogP contribution in [0.5, 0.6) is 0 Å². The SMILES string of the molecule is CC(C)CN(CCC#N)c1ccc(CBr)cc1. The van der Waals surface area contributed by atoms with E-state index >= 15 is 0 Å². The van der Waals surface area contributed by atoms with Gasteiger partial charge in [0.15, 0.2) is 0 Å². The lowest BCUT2D eigenvalue weighted by molar-refractivity contribution is 0.612. The van der Waals surface area contributed by atoms with Gasteiger partial charge in [-0.25, -0.2) is 0 Å². The van der Waals surface area contributed by atoms with Gasteiger partial charge < -0.3 is 4.90 Å². The highest BCUT2D eigenvalue weighted by Gasteiger charge is 2.08. The zero-order valence-electron chi connectivity index (χ0n) is 10.5. The summed E-state index contributed by atoms with van der Waals surface area (Å²) in [6, 6.07) is 10.7. The third-order valence-corrected chi connectivity index (χ3v) is 3.18. The zero-order chi connectivity index (χ0) is 12.7. The van der Waals surface area contributed by atoms with Gasteiger partial charge in [-0.1, -0.05) is 41.9 Å². The maximum atomic E-state index is 8.70. The van der Waals surface area contributed by atoms with Crippen molar-refractivity contribution in [2.45, 2.75) is 25.6 Å². The van der Waals surface area contributed by atoms with Gasteiger partial charge in [-0.3, -0.25) is 0 Å². The van der Waals surface area contributed by atoms with E-state index in [4.69, 9.17) is 5.26 Å². The van der Waals surface area contributed by atoms with Crippen LogP contribution in [0, 0.1) is 17.2 Å². The number of hydrogen-bond acceptors (Lipinski definition) is 2. The Morgan fingerprint density at radius 2 is 1.94 bits per heavy atom. The van der Waals surface area contributed by atoms with E-state index in [9.17, 15) is 0 Å². The van der Waals surface area contributed by atoms with Crippen molar-refractivity contribution >= 4 is 21.6 Å². The standard InChI is InChI=1S/C14H19BrN2/c1-12(2)11-17(9-3-8-16)14-6-4-13(10-15)5-7-14/h4-7,12H,3,9-11H2,1-2H3. The summed E-state index contributed by atoms with van der Waals surface area (Å²) in [4.78, 5) is 2.28. The second kappa shape index (κ2) is 7.34. The molecule has 1 aromatic carbocycles. The minimum Gasteiger partial charge on any atom is -0.370 e.